The molecule has 0 atom stereocenters. The summed E-state index contributed by atoms with van der Waals surface area (Å²) in [6, 6.07) is 6.53. The number of benzene rings is 1. The summed E-state index contributed by atoms with van der Waals surface area (Å²) in [7, 11) is 0. The maximum Gasteiger partial charge on any atom is 0.269 e. The molecule has 0 bridgehead atoms. The van der Waals surface area contributed by atoms with Gasteiger partial charge in [0.2, 0.25) is 0 Å². The summed E-state index contributed by atoms with van der Waals surface area (Å²) in [6.45, 7) is 3.26. The summed E-state index contributed by atoms with van der Waals surface area (Å²) in [5, 5.41) is 13.7. The van der Waals surface area contributed by atoms with Gasteiger partial charge >= 0.3 is 0 Å². The number of nitrogens with zero attached hydrogens (tertiary/aromatic N) is 2. The Morgan fingerprint density at radius 1 is 1.33 bits per heavy atom. The third-order valence-electron chi connectivity index (χ3n) is 2.55. The number of H-pyrrole nitrogens is 1. The van der Waals surface area contributed by atoms with Crippen LogP contribution in [0, 0.1) is 17.0 Å². The van der Waals surface area contributed by atoms with E-state index in [1.54, 1.807) is 18.3 Å². The van der Waals surface area contributed by atoms with E-state index in [1.165, 1.54) is 12.1 Å². The number of aromatic nitrogens is 2. The SMILES string of the molecule is Cc1ncc(CNCc2ccc([N+](=O)[O-])cc2)[nH]1. The Labute approximate surface area is 104 Å². The van der Waals surface area contributed by atoms with Crippen molar-refractivity contribution in [3.63, 3.8) is 0 Å². The second-order valence-electron chi connectivity index (χ2n) is 4.02. The van der Waals surface area contributed by atoms with E-state index < -0.39 is 4.92 Å². The first-order chi connectivity index (χ1) is 8.65. The number of non-ortho nitro benzene ring substituents is 1. The number of rotatable bonds is 5. The molecule has 1 heterocycles. The normalized spacial score (nSPS) is 10.5. The Balaban J connectivity index is 1.85. The summed E-state index contributed by atoms with van der Waals surface area (Å²) >= 11 is 0. The van der Waals surface area contributed by atoms with Gasteiger partial charge in [0, 0.05) is 37.1 Å². The molecule has 0 saturated heterocycles. The smallest absolute Gasteiger partial charge is 0.269 e. The monoisotopic (exact) mass is 246 g/mol. The van der Waals surface area contributed by atoms with E-state index in [-0.39, 0.29) is 5.69 Å². The van der Waals surface area contributed by atoms with Gasteiger partial charge in [-0.3, -0.25) is 10.1 Å². The van der Waals surface area contributed by atoms with Gasteiger partial charge in [-0.25, -0.2) is 4.98 Å². The highest BCUT2D eigenvalue weighted by Crippen LogP contribution is 2.11. The van der Waals surface area contributed by atoms with Gasteiger partial charge in [-0.15, -0.1) is 0 Å². The van der Waals surface area contributed by atoms with Gasteiger partial charge in [0.1, 0.15) is 5.82 Å². The van der Waals surface area contributed by atoms with Crippen LogP contribution < -0.4 is 5.32 Å². The van der Waals surface area contributed by atoms with E-state index in [4.69, 9.17) is 0 Å². The van der Waals surface area contributed by atoms with Gasteiger partial charge in [0.15, 0.2) is 0 Å². The molecule has 0 fully saturated rings. The van der Waals surface area contributed by atoms with Crippen molar-refractivity contribution in [2.45, 2.75) is 20.0 Å². The van der Waals surface area contributed by atoms with Crippen molar-refractivity contribution in [1.82, 2.24) is 15.3 Å². The standard InChI is InChI=1S/C12H14N4O2/c1-9-14-8-11(15-9)7-13-6-10-2-4-12(5-3-10)16(17)18/h2-5,8,13H,6-7H2,1H3,(H,14,15). The Morgan fingerprint density at radius 2 is 2.06 bits per heavy atom. The molecule has 18 heavy (non-hydrogen) atoms. The predicted octanol–water partition coefficient (Wildman–Crippen LogP) is 1.92. The van der Waals surface area contributed by atoms with Crippen LogP contribution in [0.5, 0.6) is 0 Å². The molecule has 2 aromatic rings. The molecule has 0 aliphatic carbocycles. The molecule has 6 heteroatoms. The zero-order chi connectivity index (χ0) is 13.0. The van der Waals surface area contributed by atoms with Crippen molar-refractivity contribution < 1.29 is 4.92 Å². The molecular weight excluding hydrogens is 232 g/mol. The van der Waals surface area contributed by atoms with Crippen LogP contribution in [0.2, 0.25) is 0 Å². The highest BCUT2D eigenvalue weighted by atomic mass is 16.6. The van der Waals surface area contributed by atoms with E-state index in [0.717, 1.165) is 17.1 Å². The van der Waals surface area contributed by atoms with Gasteiger partial charge in [-0.2, -0.15) is 0 Å². The molecule has 1 aromatic carbocycles. The molecule has 0 amide bonds. The fraction of sp³-hybridized carbons (Fsp3) is 0.250. The lowest BCUT2D eigenvalue weighted by Gasteiger charge is -2.03. The van der Waals surface area contributed by atoms with Crippen LogP contribution in [-0.2, 0) is 13.1 Å². The lowest BCUT2D eigenvalue weighted by Crippen LogP contribution is -2.12. The van der Waals surface area contributed by atoms with Crippen LogP contribution >= 0.6 is 0 Å². The maximum absolute atomic E-state index is 10.5. The van der Waals surface area contributed by atoms with Crippen molar-refractivity contribution >= 4 is 5.69 Å². The molecule has 0 unspecified atom stereocenters. The van der Waals surface area contributed by atoms with Gasteiger partial charge < -0.3 is 10.3 Å². The summed E-state index contributed by atoms with van der Waals surface area (Å²) < 4.78 is 0. The number of nitrogens with one attached hydrogen (secondary N) is 2. The Hall–Kier alpha value is -2.21. The van der Waals surface area contributed by atoms with E-state index in [1.807, 2.05) is 6.92 Å². The molecule has 6 nitrogen and oxygen atoms in total. The summed E-state index contributed by atoms with van der Waals surface area (Å²) in [5.74, 6) is 0.891. The van der Waals surface area contributed by atoms with Crippen LogP contribution in [0.3, 0.4) is 0 Å². The largest absolute Gasteiger partial charge is 0.345 e. The number of nitro groups is 1. The first-order valence-electron chi connectivity index (χ1n) is 5.59. The minimum atomic E-state index is -0.398. The second-order valence-corrected chi connectivity index (χ2v) is 4.02. The van der Waals surface area contributed by atoms with Crippen molar-refractivity contribution in [2.75, 3.05) is 0 Å². The molecule has 1 aromatic heterocycles. The maximum atomic E-state index is 10.5. The minimum absolute atomic E-state index is 0.114. The Morgan fingerprint density at radius 3 is 2.61 bits per heavy atom. The van der Waals surface area contributed by atoms with Gasteiger partial charge in [-0.05, 0) is 12.5 Å². The topological polar surface area (TPSA) is 83.8 Å². The van der Waals surface area contributed by atoms with Crippen molar-refractivity contribution in [3.8, 4) is 0 Å². The number of imidazole rings is 1. The molecule has 0 radical (unpaired) electrons. The van der Waals surface area contributed by atoms with Gasteiger partial charge in [0.05, 0.1) is 4.92 Å². The fourth-order valence-corrected chi connectivity index (χ4v) is 1.64. The molecule has 0 spiro atoms. The minimum Gasteiger partial charge on any atom is -0.345 e. The summed E-state index contributed by atoms with van der Waals surface area (Å²) in [4.78, 5) is 17.3. The van der Waals surface area contributed by atoms with Crippen LogP contribution in [0.25, 0.3) is 0 Å². The van der Waals surface area contributed by atoms with E-state index >= 15 is 0 Å². The number of hydrogen-bond donors (Lipinski definition) is 2. The van der Waals surface area contributed by atoms with E-state index in [0.29, 0.717) is 13.1 Å². The molecular formula is C12H14N4O2. The number of nitro benzene ring substituents is 1. The molecule has 2 rings (SSSR count). The summed E-state index contributed by atoms with van der Waals surface area (Å²) in [6.07, 6.45) is 1.79. The predicted molar refractivity (Wildman–Crippen MR) is 67.0 cm³/mol. The fourth-order valence-electron chi connectivity index (χ4n) is 1.64. The molecule has 0 aliphatic rings. The third kappa shape index (κ3) is 3.14. The summed E-state index contributed by atoms with van der Waals surface area (Å²) in [5.41, 5.74) is 2.15. The average molecular weight is 246 g/mol. The first-order valence-corrected chi connectivity index (χ1v) is 5.59. The van der Waals surface area contributed by atoms with Gasteiger partial charge in [0.25, 0.3) is 5.69 Å². The quantitative estimate of drug-likeness (QED) is 0.623. The molecule has 0 saturated carbocycles. The van der Waals surface area contributed by atoms with Crippen LogP contribution in [0.15, 0.2) is 30.5 Å². The van der Waals surface area contributed by atoms with Crippen LogP contribution in [-0.4, -0.2) is 14.9 Å². The molecule has 94 valence electrons. The highest BCUT2D eigenvalue weighted by molar-refractivity contribution is 5.32. The molecule has 0 aliphatic heterocycles. The third-order valence-corrected chi connectivity index (χ3v) is 2.55. The number of aryl methyl sites for hydroxylation is 1. The van der Waals surface area contributed by atoms with E-state index in [9.17, 15) is 10.1 Å². The second kappa shape index (κ2) is 5.42. The average Bonchev–Trinajstić information content (AvgIpc) is 2.76. The van der Waals surface area contributed by atoms with Crippen molar-refractivity contribution in [1.29, 1.82) is 0 Å². The van der Waals surface area contributed by atoms with Gasteiger partial charge in [-0.1, -0.05) is 12.1 Å². The highest BCUT2D eigenvalue weighted by Gasteiger charge is 2.03. The molecule has 2 N–H and O–H groups in total. The zero-order valence-electron chi connectivity index (χ0n) is 10.0. The zero-order valence-corrected chi connectivity index (χ0v) is 10.0. The Kier molecular flexibility index (Phi) is 3.69. The van der Waals surface area contributed by atoms with Crippen molar-refractivity contribution in [3.05, 3.63) is 57.7 Å². The van der Waals surface area contributed by atoms with Crippen LogP contribution in [0.1, 0.15) is 17.1 Å². The lowest BCUT2D eigenvalue weighted by atomic mass is 10.2. The lowest BCUT2D eigenvalue weighted by molar-refractivity contribution is -0.384. The van der Waals surface area contributed by atoms with Crippen molar-refractivity contribution in [2.24, 2.45) is 0 Å². The Bertz CT molecular complexity index is 533. The van der Waals surface area contributed by atoms with E-state index in [2.05, 4.69) is 15.3 Å². The first kappa shape index (κ1) is 12.3. The number of hydrogen-bond acceptors (Lipinski definition) is 4. The van der Waals surface area contributed by atoms with Crippen LogP contribution in [0.4, 0.5) is 5.69 Å². The number of aromatic amines is 1.